The predicted molar refractivity (Wildman–Crippen MR) is 96.4 cm³/mol. The molecule has 26 heavy (non-hydrogen) atoms. The fourth-order valence-electron chi connectivity index (χ4n) is 4.40. The normalized spacial score (nSPS) is 25.3. The first-order chi connectivity index (χ1) is 12.7. The van der Waals surface area contributed by atoms with Crippen LogP contribution >= 0.6 is 0 Å². The van der Waals surface area contributed by atoms with E-state index in [0.29, 0.717) is 25.2 Å². The first kappa shape index (κ1) is 16.7. The van der Waals surface area contributed by atoms with Crippen molar-refractivity contribution < 1.29 is 9.59 Å². The number of likely N-dealkylation sites (tertiary alicyclic amines) is 2. The third-order valence-corrected chi connectivity index (χ3v) is 5.79. The molecule has 2 saturated heterocycles. The molecule has 6 heteroatoms. The van der Waals surface area contributed by atoms with Crippen molar-refractivity contribution >= 4 is 11.8 Å². The van der Waals surface area contributed by atoms with Gasteiger partial charge in [0, 0.05) is 32.1 Å². The molecule has 0 N–H and O–H groups in total. The minimum Gasteiger partial charge on any atom is -0.342 e. The molecule has 6 nitrogen and oxygen atoms in total. The molecular weight excluding hydrogens is 328 g/mol. The van der Waals surface area contributed by atoms with Crippen LogP contribution < -0.4 is 0 Å². The van der Waals surface area contributed by atoms with Crippen molar-refractivity contribution in [3.05, 3.63) is 59.9 Å². The van der Waals surface area contributed by atoms with Crippen LogP contribution in [0.2, 0.25) is 0 Å². The zero-order chi connectivity index (χ0) is 18.1. The van der Waals surface area contributed by atoms with Gasteiger partial charge in [-0.25, -0.2) is 0 Å². The van der Waals surface area contributed by atoms with Crippen LogP contribution in [0, 0.1) is 5.41 Å². The number of carbonyl (C=O) groups excluding carboxylic acids is 2. The summed E-state index contributed by atoms with van der Waals surface area (Å²) < 4.78 is 0. The maximum absolute atomic E-state index is 13.2. The van der Waals surface area contributed by atoms with Crippen molar-refractivity contribution in [3.8, 4) is 0 Å². The Labute approximate surface area is 152 Å². The van der Waals surface area contributed by atoms with Crippen molar-refractivity contribution in [2.75, 3.05) is 26.2 Å². The van der Waals surface area contributed by atoms with Crippen LogP contribution in [0.3, 0.4) is 0 Å². The Hall–Kier alpha value is -2.76. The molecule has 0 radical (unpaired) electrons. The van der Waals surface area contributed by atoms with Gasteiger partial charge in [-0.15, -0.1) is 0 Å². The number of rotatable bonds is 3. The summed E-state index contributed by atoms with van der Waals surface area (Å²) in [5, 5.41) is 7.55. The Balaban J connectivity index is 1.70. The first-order valence-corrected chi connectivity index (χ1v) is 9.06. The second-order valence-corrected chi connectivity index (χ2v) is 7.07. The molecule has 0 aliphatic carbocycles. The quantitative estimate of drug-likeness (QED) is 0.849. The molecule has 134 valence electrons. The van der Waals surface area contributed by atoms with Crippen molar-refractivity contribution in [2.24, 2.45) is 5.41 Å². The summed E-state index contributed by atoms with van der Waals surface area (Å²) in [6.45, 7) is 4.49. The summed E-state index contributed by atoms with van der Waals surface area (Å²) in [5.41, 5.74) is 1.12. The van der Waals surface area contributed by atoms with Gasteiger partial charge in [-0.05, 0) is 25.0 Å². The average molecular weight is 350 g/mol. The lowest BCUT2D eigenvalue weighted by molar-refractivity contribution is -0.135. The molecule has 2 amide bonds. The number of carbonyl (C=O) groups is 2. The molecular formula is C20H22N4O2. The maximum Gasteiger partial charge on any atom is 0.255 e. The number of hydrogen-bond acceptors (Lipinski definition) is 4. The largest absolute Gasteiger partial charge is 0.342 e. The van der Waals surface area contributed by atoms with Crippen LogP contribution in [0.1, 0.15) is 35.2 Å². The molecule has 4 rings (SSSR count). The zero-order valence-electron chi connectivity index (χ0n) is 14.8. The minimum atomic E-state index is -0.520. The molecule has 2 aromatic rings. The van der Waals surface area contributed by atoms with E-state index in [1.165, 1.54) is 12.4 Å². The third-order valence-electron chi connectivity index (χ3n) is 5.79. The molecule has 3 heterocycles. The maximum atomic E-state index is 13.2. The topological polar surface area (TPSA) is 66.4 Å². The Bertz CT molecular complexity index is 811. The SMILES string of the molecule is CCN1CC[C@@]2(CN(C(=O)c3ccnnc3)C[C@@H]2c2ccccc2)C1=O. The van der Waals surface area contributed by atoms with Gasteiger partial charge in [0.05, 0.1) is 23.4 Å². The van der Waals surface area contributed by atoms with E-state index < -0.39 is 5.41 Å². The van der Waals surface area contributed by atoms with Gasteiger partial charge in [-0.3, -0.25) is 9.59 Å². The number of nitrogens with zero attached hydrogens (tertiary/aromatic N) is 4. The molecule has 1 aromatic carbocycles. The smallest absolute Gasteiger partial charge is 0.255 e. The second kappa shape index (κ2) is 6.52. The van der Waals surface area contributed by atoms with Gasteiger partial charge >= 0.3 is 0 Å². The van der Waals surface area contributed by atoms with E-state index in [0.717, 1.165) is 18.5 Å². The van der Waals surface area contributed by atoms with E-state index in [4.69, 9.17) is 0 Å². The Morgan fingerprint density at radius 1 is 1.23 bits per heavy atom. The summed E-state index contributed by atoms with van der Waals surface area (Å²) in [4.78, 5) is 29.9. The van der Waals surface area contributed by atoms with Gasteiger partial charge in [0.25, 0.3) is 5.91 Å². The summed E-state index contributed by atoms with van der Waals surface area (Å²) in [7, 11) is 0. The molecule has 2 atom stereocenters. The molecule has 0 saturated carbocycles. The fraction of sp³-hybridized carbons (Fsp3) is 0.400. The van der Waals surface area contributed by atoms with Gasteiger partial charge in [0.15, 0.2) is 0 Å². The summed E-state index contributed by atoms with van der Waals surface area (Å²) in [6, 6.07) is 11.8. The van der Waals surface area contributed by atoms with E-state index in [-0.39, 0.29) is 17.7 Å². The van der Waals surface area contributed by atoms with Gasteiger partial charge in [-0.1, -0.05) is 30.3 Å². The van der Waals surface area contributed by atoms with Gasteiger partial charge < -0.3 is 9.80 Å². The molecule has 2 aliphatic rings. The summed E-state index contributed by atoms with van der Waals surface area (Å²) in [6.07, 6.45) is 3.80. The fourth-order valence-corrected chi connectivity index (χ4v) is 4.40. The average Bonchev–Trinajstić information content (AvgIpc) is 3.24. The lowest BCUT2D eigenvalue weighted by atomic mass is 9.73. The standard InChI is InChI=1S/C20H22N4O2/c1-2-23-11-9-20(19(23)26)14-24(18(25)16-8-10-21-22-12-16)13-17(20)15-6-4-3-5-7-15/h3-8,10,12,17H,2,9,11,13-14H2,1H3/t17-,20+/m1/s1. The van der Waals surface area contributed by atoms with Crippen LogP contribution in [-0.2, 0) is 4.79 Å². The van der Waals surface area contributed by atoms with Crippen LogP contribution in [0.15, 0.2) is 48.8 Å². The number of amides is 2. The van der Waals surface area contributed by atoms with Crippen molar-refractivity contribution in [1.82, 2.24) is 20.0 Å². The van der Waals surface area contributed by atoms with E-state index in [1.807, 2.05) is 34.9 Å². The molecule has 1 aromatic heterocycles. The van der Waals surface area contributed by atoms with E-state index in [2.05, 4.69) is 22.3 Å². The summed E-state index contributed by atoms with van der Waals surface area (Å²) >= 11 is 0. The van der Waals surface area contributed by atoms with E-state index in [1.54, 1.807) is 6.07 Å². The van der Waals surface area contributed by atoms with Crippen molar-refractivity contribution in [3.63, 3.8) is 0 Å². The van der Waals surface area contributed by atoms with E-state index in [9.17, 15) is 9.59 Å². The highest BCUT2D eigenvalue weighted by atomic mass is 16.2. The van der Waals surface area contributed by atoms with Crippen molar-refractivity contribution in [2.45, 2.75) is 19.3 Å². The van der Waals surface area contributed by atoms with E-state index >= 15 is 0 Å². The van der Waals surface area contributed by atoms with Crippen molar-refractivity contribution in [1.29, 1.82) is 0 Å². The predicted octanol–water partition coefficient (Wildman–Crippen LogP) is 1.95. The third kappa shape index (κ3) is 2.57. The van der Waals surface area contributed by atoms with Crippen LogP contribution in [0.5, 0.6) is 0 Å². The monoisotopic (exact) mass is 350 g/mol. The minimum absolute atomic E-state index is 0.0199. The second-order valence-electron chi connectivity index (χ2n) is 7.07. The molecule has 0 bridgehead atoms. The van der Waals surface area contributed by atoms with Gasteiger partial charge in [0.1, 0.15) is 0 Å². The molecule has 2 fully saturated rings. The summed E-state index contributed by atoms with van der Waals surface area (Å²) in [5.74, 6) is 0.115. The molecule has 0 unspecified atom stereocenters. The molecule has 2 aliphatic heterocycles. The van der Waals surface area contributed by atoms with Crippen LogP contribution in [-0.4, -0.2) is 58.0 Å². The molecule has 1 spiro atoms. The highest BCUT2D eigenvalue weighted by Gasteiger charge is 2.57. The first-order valence-electron chi connectivity index (χ1n) is 9.06. The lowest BCUT2D eigenvalue weighted by Gasteiger charge is -2.28. The van der Waals surface area contributed by atoms with Gasteiger partial charge in [-0.2, -0.15) is 10.2 Å². The number of hydrogen-bond donors (Lipinski definition) is 0. The Morgan fingerprint density at radius 3 is 2.69 bits per heavy atom. The zero-order valence-corrected chi connectivity index (χ0v) is 14.8. The number of benzene rings is 1. The number of aromatic nitrogens is 2. The lowest BCUT2D eigenvalue weighted by Crippen LogP contribution is -2.40. The Morgan fingerprint density at radius 2 is 2.04 bits per heavy atom. The van der Waals surface area contributed by atoms with Crippen LogP contribution in [0.25, 0.3) is 0 Å². The van der Waals surface area contributed by atoms with Gasteiger partial charge in [0.2, 0.25) is 5.91 Å². The van der Waals surface area contributed by atoms with Crippen LogP contribution in [0.4, 0.5) is 0 Å². The highest BCUT2D eigenvalue weighted by molar-refractivity contribution is 5.95. The Kier molecular flexibility index (Phi) is 4.18. The highest BCUT2D eigenvalue weighted by Crippen LogP contribution is 2.50.